The van der Waals surface area contributed by atoms with E-state index in [2.05, 4.69) is 37.6 Å². The second kappa shape index (κ2) is 11.3. The van der Waals surface area contributed by atoms with Crippen LogP contribution in [0.2, 0.25) is 0 Å². The van der Waals surface area contributed by atoms with Crippen LogP contribution in [-0.4, -0.2) is 60.7 Å². The van der Waals surface area contributed by atoms with Gasteiger partial charge in [-0.2, -0.15) is 8.42 Å². The van der Waals surface area contributed by atoms with Gasteiger partial charge in [-0.25, -0.2) is 4.18 Å². The van der Waals surface area contributed by atoms with Crippen LogP contribution in [0.5, 0.6) is 0 Å². The van der Waals surface area contributed by atoms with Crippen molar-refractivity contribution in [2.24, 2.45) is 57.2 Å². The van der Waals surface area contributed by atoms with Gasteiger partial charge in [0.2, 0.25) is 0 Å². The summed E-state index contributed by atoms with van der Waals surface area (Å²) in [4.78, 5) is 37.6. The molecule has 13 atom stereocenters. The van der Waals surface area contributed by atoms with E-state index in [4.69, 9.17) is 14.0 Å². The van der Waals surface area contributed by atoms with Crippen LogP contribution in [0, 0.1) is 57.2 Å². The van der Waals surface area contributed by atoms with Crippen molar-refractivity contribution in [3.63, 3.8) is 0 Å². The summed E-state index contributed by atoms with van der Waals surface area (Å²) >= 11 is 0. The molecule has 5 aliphatic rings. The van der Waals surface area contributed by atoms with Gasteiger partial charge in [0.25, 0.3) is 0 Å². The molecule has 0 aromatic rings. The zero-order valence-corrected chi connectivity index (χ0v) is 28.4. The summed E-state index contributed by atoms with van der Waals surface area (Å²) in [5.74, 6) is -1.49. The summed E-state index contributed by atoms with van der Waals surface area (Å²) in [5.41, 5.74) is -0.238. The molecule has 0 heterocycles. The van der Waals surface area contributed by atoms with Crippen molar-refractivity contribution in [1.29, 1.82) is 0 Å². The number of aliphatic hydroxyl groups excluding tert-OH is 1. The fraction of sp³-hybridized carbons (Fsp3) is 0.794. The molecule has 4 fully saturated rings. The summed E-state index contributed by atoms with van der Waals surface area (Å²) in [6.07, 6.45) is 6.67. The standard InChI is InChI=1S/C34H50O10S/c1-18(16-42-45(39,40)41)19(2)29(38)30(44-23(6)36)21(4)28-26(43-22(5)35)15-32(8)27-10-9-24-20(3)25(37)11-12-33(24)17-34(27,33)14-13-31(28,32)7/h11-12,18,20-21,24,26-30,38H,2,9-10,13-17H2,1,3-8H3,(H,39,40,41)/t18-,20-,21?,24-,26-,27-,28-,29?,30+,31+,32-,33?,34?/m0/s1. The van der Waals surface area contributed by atoms with Crippen molar-refractivity contribution in [2.45, 2.75) is 105 Å². The largest absolute Gasteiger partial charge is 0.462 e. The Morgan fingerprint density at radius 2 is 1.78 bits per heavy atom. The lowest BCUT2D eigenvalue weighted by Gasteiger charge is -2.61. The van der Waals surface area contributed by atoms with E-state index >= 15 is 0 Å². The molecule has 4 unspecified atom stereocenters. The normalized spacial score (nSPS) is 42.6. The zero-order chi connectivity index (χ0) is 33.5. The van der Waals surface area contributed by atoms with E-state index in [0.717, 1.165) is 32.1 Å². The highest BCUT2D eigenvalue weighted by Gasteiger charge is 2.81. The molecule has 0 aromatic carbocycles. The lowest BCUT2D eigenvalue weighted by Crippen LogP contribution is -2.56. The number of hydrogen-bond donors (Lipinski definition) is 2. The molecule has 0 aliphatic heterocycles. The minimum absolute atomic E-state index is 0.0194. The molecule has 45 heavy (non-hydrogen) atoms. The number of carbonyl (C=O) groups excluding carboxylic acids is 3. The first-order valence-electron chi connectivity index (χ1n) is 16.3. The maximum absolute atomic E-state index is 12.7. The first-order valence-corrected chi connectivity index (χ1v) is 17.7. The van der Waals surface area contributed by atoms with Crippen LogP contribution < -0.4 is 0 Å². The molecule has 2 spiro atoms. The Morgan fingerprint density at radius 1 is 1.11 bits per heavy atom. The highest BCUT2D eigenvalue weighted by Crippen LogP contribution is 2.87. The van der Waals surface area contributed by atoms with Gasteiger partial charge >= 0.3 is 22.3 Å². The predicted molar refractivity (Wildman–Crippen MR) is 165 cm³/mol. The first kappa shape index (κ1) is 34.3. The predicted octanol–water partition coefficient (Wildman–Crippen LogP) is 4.86. The Balaban J connectivity index is 1.49. The van der Waals surface area contributed by atoms with Crippen LogP contribution >= 0.6 is 0 Å². The molecule has 0 saturated heterocycles. The van der Waals surface area contributed by atoms with E-state index in [1.807, 2.05) is 13.0 Å². The van der Waals surface area contributed by atoms with E-state index in [9.17, 15) is 27.9 Å². The van der Waals surface area contributed by atoms with Crippen LogP contribution in [-0.2, 0) is 38.4 Å². The summed E-state index contributed by atoms with van der Waals surface area (Å²) in [6.45, 7) is 16.4. The summed E-state index contributed by atoms with van der Waals surface area (Å²) in [7, 11) is -4.70. The van der Waals surface area contributed by atoms with Gasteiger partial charge < -0.3 is 14.6 Å². The molecular weight excluding hydrogens is 600 g/mol. The molecule has 5 aliphatic carbocycles. The summed E-state index contributed by atoms with van der Waals surface area (Å²) in [5, 5.41) is 11.6. The van der Waals surface area contributed by atoms with Crippen molar-refractivity contribution >= 4 is 28.1 Å². The maximum atomic E-state index is 12.7. The van der Waals surface area contributed by atoms with Gasteiger partial charge in [0.05, 0.1) is 6.61 Å². The molecule has 0 radical (unpaired) electrons. The molecular formula is C34H50O10S. The number of carbonyl (C=O) groups is 3. The Hall–Kier alpha value is -2.08. The minimum Gasteiger partial charge on any atom is -0.462 e. The number of hydrogen-bond acceptors (Lipinski definition) is 9. The molecule has 11 heteroatoms. The number of fused-ring (bicyclic) bond motifs is 2. The van der Waals surface area contributed by atoms with Gasteiger partial charge in [-0.1, -0.05) is 47.3 Å². The van der Waals surface area contributed by atoms with E-state index in [1.54, 1.807) is 6.92 Å². The number of ether oxygens (including phenoxy) is 2. The second-order valence-electron chi connectivity index (χ2n) is 15.4. The fourth-order valence-corrected chi connectivity index (χ4v) is 11.7. The third-order valence-electron chi connectivity index (χ3n) is 13.5. The molecule has 2 N–H and O–H groups in total. The van der Waals surface area contributed by atoms with Crippen molar-refractivity contribution < 1.29 is 46.1 Å². The summed E-state index contributed by atoms with van der Waals surface area (Å²) < 4.78 is 47.8. The number of allylic oxidation sites excluding steroid dienone is 2. The van der Waals surface area contributed by atoms with Crippen molar-refractivity contribution in [3.05, 3.63) is 24.3 Å². The van der Waals surface area contributed by atoms with Crippen LogP contribution in [0.1, 0.15) is 87.0 Å². The molecule has 0 bridgehead atoms. The lowest BCUT2D eigenvalue weighted by molar-refractivity contribution is -0.170. The first-order chi connectivity index (χ1) is 20.7. The van der Waals surface area contributed by atoms with Crippen molar-refractivity contribution in [1.82, 2.24) is 0 Å². The Kier molecular flexibility index (Phi) is 8.58. The average Bonchev–Trinajstić information content (AvgIpc) is 3.55. The molecule has 0 aromatic heterocycles. The number of rotatable bonds is 10. The van der Waals surface area contributed by atoms with Crippen molar-refractivity contribution in [3.8, 4) is 0 Å². The zero-order valence-electron chi connectivity index (χ0n) is 27.6. The maximum Gasteiger partial charge on any atom is 0.397 e. The molecule has 4 saturated carbocycles. The highest BCUT2D eigenvalue weighted by atomic mass is 32.3. The monoisotopic (exact) mass is 650 g/mol. The average molecular weight is 651 g/mol. The Bertz CT molecular complexity index is 1400. The fourth-order valence-electron chi connectivity index (χ4n) is 11.3. The van der Waals surface area contributed by atoms with Crippen molar-refractivity contribution in [2.75, 3.05) is 6.61 Å². The lowest BCUT2D eigenvalue weighted by atomic mass is 9.43. The number of ketones is 1. The summed E-state index contributed by atoms with van der Waals surface area (Å²) in [6, 6.07) is 0. The van der Waals surface area contributed by atoms with E-state index in [1.165, 1.54) is 13.8 Å². The van der Waals surface area contributed by atoms with E-state index in [0.29, 0.717) is 18.3 Å². The quantitative estimate of drug-likeness (QED) is 0.190. The van der Waals surface area contributed by atoms with Gasteiger partial charge in [0.1, 0.15) is 18.3 Å². The smallest absolute Gasteiger partial charge is 0.397 e. The van der Waals surface area contributed by atoms with Gasteiger partial charge in [0, 0.05) is 37.5 Å². The molecule has 5 rings (SSSR count). The third kappa shape index (κ3) is 5.24. The van der Waals surface area contributed by atoms with E-state index < -0.39 is 59.1 Å². The molecule has 252 valence electrons. The van der Waals surface area contributed by atoms with Gasteiger partial charge in [-0.15, -0.1) is 0 Å². The van der Waals surface area contributed by atoms with Gasteiger partial charge in [0.15, 0.2) is 5.78 Å². The number of aliphatic hydroxyl groups is 1. The third-order valence-corrected chi connectivity index (χ3v) is 14.0. The topological polar surface area (TPSA) is 154 Å². The van der Waals surface area contributed by atoms with E-state index in [-0.39, 0.29) is 44.9 Å². The van der Waals surface area contributed by atoms with Crippen LogP contribution in [0.4, 0.5) is 0 Å². The van der Waals surface area contributed by atoms with Crippen LogP contribution in [0.25, 0.3) is 0 Å². The van der Waals surface area contributed by atoms with Gasteiger partial charge in [-0.05, 0) is 83.7 Å². The Labute approximate surface area is 267 Å². The molecule has 10 nitrogen and oxygen atoms in total. The SMILES string of the molecule is C=C(C(O)[C@H](OC(C)=O)C(C)[C@H]1[C@@H](OC(C)=O)C[C@@]2(C)[C@@H]3CC[C@H]4[C@H](C)C(=O)C=CC45CC35CC[C@]12C)[C@@H](C)COS(=O)(=O)O. The number of esters is 2. The minimum atomic E-state index is -4.70. The van der Waals surface area contributed by atoms with Crippen LogP contribution in [0.15, 0.2) is 24.3 Å². The van der Waals surface area contributed by atoms with Gasteiger partial charge in [-0.3, -0.25) is 18.9 Å². The Morgan fingerprint density at radius 3 is 2.38 bits per heavy atom. The molecule has 0 amide bonds. The second-order valence-corrected chi connectivity index (χ2v) is 16.5. The van der Waals surface area contributed by atoms with Crippen LogP contribution in [0.3, 0.4) is 0 Å². The highest BCUT2D eigenvalue weighted by molar-refractivity contribution is 7.80.